The summed E-state index contributed by atoms with van der Waals surface area (Å²) in [5.74, 6) is 0. The van der Waals surface area contributed by atoms with Gasteiger partial charge in [0.2, 0.25) is 0 Å². The van der Waals surface area contributed by atoms with Gasteiger partial charge in [-0.25, -0.2) is 0 Å². The third kappa shape index (κ3) is 2.01. The molecule has 0 N–H and O–H groups in total. The summed E-state index contributed by atoms with van der Waals surface area (Å²) < 4.78 is 0. The average Bonchev–Trinajstić information content (AvgIpc) is 2.36. The second-order valence-corrected chi connectivity index (χ2v) is 6.08. The van der Waals surface area contributed by atoms with Gasteiger partial charge in [-0.1, -0.05) is 32.0 Å². The van der Waals surface area contributed by atoms with Gasteiger partial charge in [-0.3, -0.25) is 0 Å². The zero-order valence-electron chi connectivity index (χ0n) is 10.2. The number of rotatable bonds is 1. The molecule has 0 saturated carbocycles. The topological polar surface area (TPSA) is 3.24 Å². The Morgan fingerprint density at radius 2 is 1.60 bits per heavy atom. The second kappa shape index (κ2) is 3.26. The van der Waals surface area contributed by atoms with E-state index in [9.17, 15) is 0 Å². The molecule has 1 saturated heterocycles. The van der Waals surface area contributed by atoms with Crippen LogP contribution in [-0.2, 0) is 0 Å². The summed E-state index contributed by atoms with van der Waals surface area (Å²) in [4.78, 5) is 2.53. The maximum atomic E-state index is 2.53. The van der Waals surface area contributed by atoms with Crippen LogP contribution in [0.2, 0.25) is 0 Å². The van der Waals surface area contributed by atoms with E-state index in [1.54, 1.807) is 0 Å². The highest BCUT2D eigenvalue weighted by atomic mass is 15.2. The van der Waals surface area contributed by atoms with Gasteiger partial charge >= 0.3 is 0 Å². The smallest absolute Gasteiger partial charge is 0.0370 e. The molecule has 1 aliphatic rings. The van der Waals surface area contributed by atoms with Gasteiger partial charge in [-0.2, -0.15) is 0 Å². The second-order valence-electron chi connectivity index (χ2n) is 6.08. The molecular weight excluding hydrogens is 182 g/mol. The van der Waals surface area contributed by atoms with Crippen LogP contribution in [0, 0.1) is 5.41 Å². The van der Waals surface area contributed by atoms with Gasteiger partial charge in [-0.15, -0.1) is 0 Å². The summed E-state index contributed by atoms with van der Waals surface area (Å²) in [6.45, 7) is 10.6. The fourth-order valence-electron chi connectivity index (χ4n) is 3.01. The lowest BCUT2D eigenvalue weighted by molar-refractivity contribution is 0.371. The van der Waals surface area contributed by atoms with Crippen LogP contribution < -0.4 is 4.90 Å². The Kier molecular flexibility index (Phi) is 2.29. The van der Waals surface area contributed by atoms with Crippen LogP contribution in [0.4, 0.5) is 5.69 Å². The molecule has 0 atom stereocenters. The normalized spacial score (nSPS) is 23.1. The van der Waals surface area contributed by atoms with Crippen molar-refractivity contribution in [1.29, 1.82) is 0 Å². The van der Waals surface area contributed by atoms with Crippen molar-refractivity contribution >= 4 is 5.69 Å². The first-order valence-corrected chi connectivity index (χ1v) is 5.73. The van der Waals surface area contributed by atoms with Crippen LogP contribution in [0.5, 0.6) is 0 Å². The number of nitrogens with zero attached hydrogens (tertiary/aromatic N) is 1. The molecule has 1 aliphatic heterocycles. The van der Waals surface area contributed by atoms with Crippen molar-refractivity contribution in [3.05, 3.63) is 30.3 Å². The SMILES string of the molecule is CC1(C)CN(c2ccccc2)C(C)(C)C1. The Bertz CT molecular complexity index is 338. The Labute approximate surface area is 93.1 Å². The van der Waals surface area contributed by atoms with Gasteiger partial charge in [0.1, 0.15) is 0 Å². The molecule has 1 aromatic carbocycles. The van der Waals surface area contributed by atoms with Crippen LogP contribution in [-0.4, -0.2) is 12.1 Å². The van der Waals surface area contributed by atoms with E-state index in [0.29, 0.717) is 5.41 Å². The third-order valence-corrected chi connectivity index (χ3v) is 3.30. The zero-order chi connectivity index (χ0) is 11.1. The minimum Gasteiger partial charge on any atom is -0.366 e. The highest BCUT2D eigenvalue weighted by molar-refractivity contribution is 5.50. The molecule has 0 radical (unpaired) electrons. The van der Waals surface area contributed by atoms with Crippen LogP contribution in [0.25, 0.3) is 0 Å². The zero-order valence-corrected chi connectivity index (χ0v) is 10.2. The number of anilines is 1. The summed E-state index contributed by atoms with van der Waals surface area (Å²) in [6.07, 6.45) is 1.26. The van der Waals surface area contributed by atoms with Crippen LogP contribution in [0.3, 0.4) is 0 Å². The Balaban J connectivity index is 2.31. The molecule has 0 unspecified atom stereocenters. The molecule has 0 aromatic heterocycles. The molecule has 0 bridgehead atoms. The monoisotopic (exact) mass is 203 g/mol. The Morgan fingerprint density at radius 1 is 1.00 bits per heavy atom. The van der Waals surface area contributed by atoms with E-state index in [4.69, 9.17) is 0 Å². The summed E-state index contributed by atoms with van der Waals surface area (Å²) >= 11 is 0. The van der Waals surface area contributed by atoms with E-state index in [1.807, 2.05) is 0 Å². The minimum absolute atomic E-state index is 0.283. The fourth-order valence-corrected chi connectivity index (χ4v) is 3.01. The fraction of sp³-hybridized carbons (Fsp3) is 0.571. The maximum Gasteiger partial charge on any atom is 0.0370 e. The van der Waals surface area contributed by atoms with Crippen molar-refractivity contribution in [3.8, 4) is 0 Å². The Morgan fingerprint density at radius 3 is 2.07 bits per heavy atom. The molecule has 1 heterocycles. The van der Waals surface area contributed by atoms with Crippen molar-refractivity contribution < 1.29 is 0 Å². The molecule has 2 rings (SSSR count). The highest BCUT2D eigenvalue weighted by Gasteiger charge is 2.42. The molecular formula is C14H21N. The van der Waals surface area contributed by atoms with Gasteiger partial charge < -0.3 is 4.90 Å². The number of hydrogen-bond acceptors (Lipinski definition) is 1. The van der Waals surface area contributed by atoms with Gasteiger partial charge in [0, 0.05) is 17.8 Å². The molecule has 1 fully saturated rings. The largest absolute Gasteiger partial charge is 0.366 e. The highest BCUT2D eigenvalue weighted by Crippen LogP contribution is 2.43. The summed E-state index contributed by atoms with van der Waals surface area (Å²) in [5, 5.41) is 0. The lowest BCUT2D eigenvalue weighted by Gasteiger charge is -2.33. The summed E-state index contributed by atoms with van der Waals surface area (Å²) in [5.41, 5.74) is 2.07. The van der Waals surface area contributed by atoms with Crippen molar-refractivity contribution in [2.24, 2.45) is 5.41 Å². The third-order valence-electron chi connectivity index (χ3n) is 3.30. The first kappa shape index (κ1) is 10.5. The van der Waals surface area contributed by atoms with Gasteiger partial charge in [0.05, 0.1) is 0 Å². The first-order chi connectivity index (χ1) is 6.91. The molecule has 1 aromatic rings. The lowest BCUT2D eigenvalue weighted by Crippen LogP contribution is -2.38. The average molecular weight is 203 g/mol. The number of para-hydroxylation sites is 1. The van der Waals surface area contributed by atoms with Gasteiger partial charge in [-0.05, 0) is 37.8 Å². The van der Waals surface area contributed by atoms with E-state index in [2.05, 4.69) is 62.9 Å². The molecule has 0 spiro atoms. The predicted octanol–water partition coefficient (Wildman–Crippen LogP) is 3.70. The quantitative estimate of drug-likeness (QED) is 0.672. The first-order valence-electron chi connectivity index (χ1n) is 5.73. The lowest BCUT2D eigenvalue weighted by atomic mass is 9.86. The maximum absolute atomic E-state index is 2.53. The van der Waals surface area contributed by atoms with Crippen molar-refractivity contribution in [1.82, 2.24) is 0 Å². The van der Waals surface area contributed by atoms with Crippen molar-refractivity contribution in [2.45, 2.75) is 39.7 Å². The van der Waals surface area contributed by atoms with Crippen molar-refractivity contribution in [2.75, 3.05) is 11.4 Å². The summed E-state index contributed by atoms with van der Waals surface area (Å²) in [7, 11) is 0. The van der Waals surface area contributed by atoms with E-state index >= 15 is 0 Å². The number of benzene rings is 1. The molecule has 82 valence electrons. The van der Waals surface area contributed by atoms with Crippen molar-refractivity contribution in [3.63, 3.8) is 0 Å². The Hall–Kier alpha value is -0.980. The van der Waals surface area contributed by atoms with Crippen LogP contribution >= 0.6 is 0 Å². The van der Waals surface area contributed by atoms with Gasteiger partial charge in [0.15, 0.2) is 0 Å². The van der Waals surface area contributed by atoms with E-state index in [-0.39, 0.29) is 5.54 Å². The number of hydrogen-bond donors (Lipinski definition) is 0. The minimum atomic E-state index is 0.283. The molecule has 15 heavy (non-hydrogen) atoms. The predicted molar refractivity (Wildman–Crippen MR) is 66.3 cm³/mol. The summed E-state index contributed by atoms with van der Waals surface area (Å²) in [6, 6.07) is 10.7. The van der Waals surface area contributed by atoms with Crippen LogP contribution in [0.15, 0.2) is 30.3 Å². The van der Waals surface area contributed by atoms with Crippen LogP contribution in [0.1, 0.15) is 34.1 Å². The molecule has 1 nitrogen and oxygen atoms in total. The molecule has 0 aliphatic carbocycles. The molecule has 0 amide bonds. The van der Waals surface area contributed by atoms with E-state index < -0.39 is 0 Å². The van der Waals surface area contributed by atoms with E-state index in [1.165, 1.54) is 12.1 Å². The molecule has 1 heteroatoms. The van der Waals surface area contributed by atoms with Gasteiger partial charge in [0.25, 0.3) is 0 Å². The standard InChI is InChI=1S/C14H21N/c1-13(2)10-14(3,4)15(11-13)12-8-6-5-7-9-12/h5-9H,10-11H2,1-4H3. The van der Waals surface area contributed by atoms with E-state index in [0.717, 1.165) is 6.54 Å².